The van der Waals surface area contributed by atoms with Crippen LogP contribution in [-0.4, -0.2) is 26.0 Å². The predicted octanol–water partition coefficient (Wildman–Crippen LogP) is 2.12. The third-order valence-corrected chi connectivity index (χ3v) is 2.76. The van der Waals surface area contributed by atoms with Crippen molar-refractivity contribution in [1.29, 1.82) is 0 Å². The molecular formula is C13H15N3O2. The minimum absolute atomic E-state index is 0.356. The highest BCUT2D eigenvalue weighted by atomic mass is 16.4. The van der Waals surface area contributed by atoms with Crippen LogP contribution >= 0.6 is 0 Å². The number of carboxylic acids is 1. The zero-order valence-electron chi connectivity index (χ0n) is 10.3. The molecule has 2 N–H and O–H groups in total. The molecule has 0 atom stereocenters. The van der Waals surface area contributed by atoms with Crippen LogP contribution < -0.4 is 0 Å². The van der Waals surface area contributed by atoms with Crippen LogP contribution in [0.25, 0.3) is 11.4 Å². The van der Waals surface area contributed by atoms with E-state index < -0.39 is 11.4 Å². The largest absolute Gasteiger partial charge is 0.481 e. The molecule has 0 radical (unpaired) electrons. The van der Waals surface area contributed by atoms with Gasteiger partial charge in [-0.05, 0) is 26.0 Å². The standard InChI is InChI=1S/C13H15N3O2/c1-13(2,12(17)18)7-11-15-8-10(16-11)9-5-3-4-6-14-9/h3-6,8H,7H2,1-2H3,(H,15,16)(H,17,18). The van der Waals surface area contributed by atoms with Gasteiger partial charge in [0, 0.05) is 12.6 Å². The van der Waals surface area contributed by atoms with Crippen LogP contribution in [0.2, 0.25) is 0 Å². The Kier molecular flexibility index (Phi) is 3.14. The summed E-state index contributed by atoms with van der Waals surface area (Å²) in [4.78, 5) is 22.6. The van der Waals surface area contributed by atoms with Gasteiger partial charge in [-0.2, -0.15) is 0 Å². The average molecular weight is 245 g/mol. The molecule has 0 spiro atoms. The summed E-state index contributed by atoms with van der Waals surface area (Å²) in [5.74, 6) is -0.179. The topological polar surface area (TPSA) is 78.9 Å². The van der Waals surface area contributed by atoms with Gasteiger partial charge < -0.3 is 10.1 Å². The summed E-state index contributed by atoms with van der Waals surface area (Å²) in [6, 6.07) is 5.61. The van der Waals surface area contributed by atoms with E-state index in [2.05, 4.69) is 15.0 Å². The molecule has 0 aromatic carbocycles. The molecule has 2 aromatic heterocycles. The second-order valence-electron chi connectivity index (χ2n) is 4.82. The Balaban J connectivity index is 2.19. The normalized spacial score (nSPS) is 11.4. The van der Waals surface area contributed by atoms with Crippen LogP contribution in [0.5, 0.6) is 0 Å². The second kappa shape index (κ2) is 4.60. The zero-order valence-corrected chi connectivity index (χ0v) is 10.3. The summed E-state index contributed by atoms with van der Waals surface area (Å²) in [6.45, 7) is 3.36. The summed E-state index contributed by atoms with van der Waals surface area (Å²) in [7, 11) is 0. The molecule has 0 aliphatic heterocycles. The first kappa shape index (κ1) is 12.3. The quantitative estimate of drug-likeness (QED) is 0.864. The van der Waals surface area contributed by atoms with Crippen molar-refractivity contribution in [2.45, 2.75) is 20.3 Å². The number of nitrogens with zero attached hydrogens (tertiary/aromatic N) is 2. The average Bonchev–Trinajstić information content (AvgIpc) is 2.78. The number of imidazole rings is 1. The van der Waals surface area contributed by atoms with E-state index in [1.165, 1.54) is 0 Å². The number of aromatic amines is 1. The van der Waals surface area contributed by atoms with Crippen LogP contribution in [0.15, 0.2) is 30.6 Å². The molecule has 2 heterocycles. The lowest BCUT2D eigenvalue weighted by Crippen LogP contribution is -2.26. The van der Waals surface area contributed by atoms with Crippen LogP contribution in [-0.2, 0) is 11.2 Å². The van der Waals surface area contributed by atoms with Crippen LogP contribution in [0, 0.1) is 5.41 Å². The summed E-state index contributed by atoms with van der Waals surface area (Å²) < 4.78 is 0. The number of hydrogen-bond acceptors (Lipinski definition) is 3. The lowest BCUT2D eigenvalue weighted by Gasteiger charge is -2.16. The lowest BCUT2D eigenvalue weighted by atomic mass is 9.89. The smallest absolute Gasteiger partial charge is 0.309 e. The summed E-state index contributed by atoms with van der Waals surface area (Å²) in [5, 5.41) is 9.07. The molecule has 0 unspecified atom stereocenters. The SMILES string of the molecule is CC(C)(Cc1ncc(-c2ccccn2)[nH]1)C(=O)O. The molecule has 0 fully saturated rings. The van der Waals surface area contributed by atoms with Gasteiger partial charge >= 0.3 is 5.97 Å². The Hall–Kier alpha value is -2.17. The monoisotopic (exact) mass is 245 g/mol. The minimum atomic E-state index is -0.835. The van der Waals surface area contributed by atoms with E-state index in [9.17, 15) is 4.79 Å². The molecule has 18 heavy (non-hydrogen) atoms. The first-order valence-corrected chi connectivity index (χ1v) is 5.68. The summed E-state index contributed by atoms with van der Waals surface area (Å²) in [5.41, 5.74) is 0.760. The molecule has 5 nitrogen and oxygen atoms in total. The maximum Gasteiger partial charge on any atom is 0.309 e. The third-order valence-electron chi connectivity index (χ3n) is 2.76. The number of aromatic nitrogens is 3. The third kappa shape index (κ3) is 2.56. The van der Waals surface area contributed by atoms with Crippen LogP contribution in [0.3, 0.4) is 0 Å². The van der Waals surface area contributed by atoms with Gasteiger partial charge in [-0.25, -0.2) is 4.98 Å². The highest BCUT2D eigenvalue weighted by molar-refractivity contribution is 5.73. The number of rotatable bonds is 4. The Bertz CT molecular complexity index is 546. The number of nitrogens with one attached hydrogen (secondary N) is 1. The Morgan fingerprint density at radius 2 is 2.17 bits per heavy atom. The molecule has 0 saturated heterocycles. The molecular weight excluding hydrogens is 230 g/mol. The Morgan fingerprint density at radius 3 is 2.78 bits per heavy atom. The first-order valence-electron chi connectivity index (χ1n) is 5.68. The molecule has 0 saturated carbocycles. The number of carbonyl (C=O) groups is 1. The van der Waals surface area contributed by atoms with Crippen LogP contribution in [0.1, 0.15) is 19.7 Å². The van der Waals surface area contributed by atoms with E-state index in [4.69, 9.17) is 5.11 Å². The van der Waals surface area contributed by atoms with Gasteiger partial charge in [0.15, 0.2) is 0 Å². The summed E-state index contributed by atoms with van der Waals surface area (Å²) >= 11 is 0. The van der Waals surface area contributed by atoms with Gasteiger partial charge in [-0.1, -0.05) is 6.07 Å². The number of aliphatic carboxylic acids is 1. The highest BCUT2D eigenvalue weighted by Crippen LogP contribution is 2.22. The lowest BCUT2D eigenvalue weighted by molar-refractivity contribution is -0.146. The molecule has 0 bridgehead atoms. The van der Waals surface area contributed by atoms with E-state index in [1.807, 2.05) is 18.2 Å². The maximum atomic E-state index is 11.0. The fraction of sp³-hybridized carbons (Fsp3) is 0.308. The van der Waals surface area contributed by atoms with E-state index in [0.29, 0.717) is 12.2 Å². The van der Waals surface area contributed by atoms with Gasteiger partial charge in [0.2, 0.25) is 0 Å². The molecule has 2 rings (SSSR count). The van der Waals surface area contributed by atoms with Crippen molar-refractivity contribution in [2.75, 3.05) is 0 Å². The number of pyridine rings is 1. The van der Waals surface area contributed by atoms with Crippen molar-refractivity contribution in [3.8, 4) is 11.4 Å². The van der Waals surface area contributed by atoms with Crippen molar-refractivity contribution >= 4 is 5.97 Å². The minimum Gasteiger partial charge on any atom is -0.481 e. The number of carboxylic acid groups (broad SMARTS) is 1. The summed E-state index contributed by atoms with van der Waals surface area (Å²) in [6.07, 6.45) is 3.74. The number of H-pyrrole nitrogens is 1. The van der Waals surface area contributed by atoms with E-state index in [-0.39, 0.29) is 0 Å². The van der Waals surface area contributed by atoms with Gasteiger partial charge in [0.05, 0.1) is 23.0 Å². The van der Waals surface area contributed by atoms with E-state index in [0.717, 1.165) is 11.4 Å². The Morgan fingerprint density at radius 1 is 1.39 bits per heavy atom. The Labute approximate surface area is 105 Å². The van der Waals surface area contributed by atoms with Crippen molar-refractivity contribution in [3.63, 3.8) is 0 Å². The van der Waals surface area contributed by atoms with Crippen molar-refractivity contribution in [2.24, 2.45) is 5.41 Å². The fourth-order valence-corrected chi connectivity index (χ4v) is 1.60. The van der Waals surface area contributed by atoms with Crippen molar-refractivity contribution < 1.29 is 9.90 Å². The van der Waals surface area contributed by atoms with Gasteiger partial charge in [0.1, 0.15) is 5.82 Å². The number of hydrogen-bond donors (Lipinski definition) is 2. The maximum absolute atomic E-state index is 11.0. The molecule has 5 heteroatoms. The molecule has 0 aliphatic carbocycles. The van der Waals surface area contributed by atoms with E-state index in [1.54, 1.807) is 26.2 Å². The molecule has 2 aromatic rings. The second-order valence-corrected chi connectivity index (χ2v) is 4.82. The fourth-order valence-electron chi connectivity index (χ4n) is 1.60. The van der Waals surface area contributed by atoms with Gasteiger partial charge in [-0.3, -0.25) is 9.78 Å². The van der Waals surface area contributed by atoms with Crippen molar-refractivity contribution in [3.05, 3.63) is 36.4 Å². The predicted molar refractivity (Wildman–Crippen MR) is 66.9 cm³/mol. The zero-order chi connectivity index (χ0) is 13.2. The highest BCUT2D eigenvalue weighted by Gasteiger charge is 2.28. The first-order chi connectivity index (χ1) is 8.49. The molecule has 94 valence electrons. The van der Waals surface area contributed by atoms with Crippen LogP contribution in [0.4, 0.5) is 0 Å². The molecule has 0 amide bonds. The van der Waals surface area contributed by atoms with Gasteiger partial charge in [0.25, 0.3) is 0 Å². The van der Waals surface area contributed by atoms with E-state index >= 15 is 0 Å². The molecule has 0 aliphatic rings. The van der Waals surface area contributed by atoms with Crippen molar-refractivity contribution in [1.82, 2.24) is 15.0 Å². The van der Waals surface area contributed by atoms with Gasteiger partial charge in [-0.15, -0.1) is 0 Å².